The van der Waals surface area contributed by atoms with Gasteiger partial charge in [0.15, 0.2) is 0 Å². The lowest BCUT2D eigenvalue weighted by Gasteiger charge is -2.09. The number of ether oxygens (including phenoxy) is 1. The van der Waals surface area contributed by atoms with Gasteiger partial charge in [-0.2, -0.15) is 0 Å². The molecule has 0 aliphatic heterocycles. The molecule has 7 heteroatoms. The Bertz CT molecular complexity index is 657. The molecule has 0 saturated heterocycles. The lowest BCUT2D eigenvalue weighted by atomic mass is 9.84. The van der Waals surface area contributed by atoms with Crippen molar-refractivity contribution in [1.82, 2.24) is 0 Å². The van der Waals surface area contributed by atoms with Crippen LogP contribution in [0.2, 0.25) is 0 Å². The smallest absolute Gasteiger partial charge is 0.316 e. The number of amides is 1. The molecule has 106 valence electrons. The number of rotatable bonds is 5. The number of aliphatic hydroxyl groups excluding tert-OH is 1. The highest BCUT2D eigenvalue weighted by atomic mass is 16.5. The molecule has 2 aromatic rings. The molecule has 2 N–H and O–H groups in total. The maximum Gasteiger partial charge on any atom is 0.316 e. The Morgan fingerprint density at radius 3 is 2.38 bits per heavy atom. The second-order valence-electron chi connectivity index (χ2n) is 4.27. The van der Waals surface area contributed by atoms with Gasteiger partial charge in [0.2, 0.25) is 0 Å². The van der Waals surface area contributed by atoms with E-state index in [-0.39, 0.29) is 19.7 Å². The van der Waals surface area contributed by atoms with E-state index in [2.05, 4.69) is 5.18 Å². The number of nitroso groups, excluding NO2 is 1. The van der Waals surface area contributed by atoms with Crippen molar-refractivity contribution in [2.24, 2.45) is 5.18 Å². The average molecular weight is 285 g/mol. The van der Waals surface area contributed by atoms with Gasteiger partial charge in [0.25, 0.3) is 0 Å². The molecule has 0 aliphatic carbocycles. The Morgan fingerprint density at radius 1 is 1.14 bits per heavy atom. The molecule has 0 fully saturated rings. The summed E-state index contributed by atoms with van der Waals surface area (Å²) >= 11 is 0. The third kappa shape index (κ3) is 3.53. The van der Waals surface area contributed by atoms with Crippen LogP contribution in [0, 0.1) is 4.91 Å². The van der Waals surface area contributed by atoms with E-state index in [0.29, 0.717) is 22.5 Å². The van der Waals surface area contributed by atoms with Gasteiger partial charge in [0, 0.05) is 10.7 Å². The molecular formula is C14H12BNO5. The Hall–Kier alpha value is -2.51. The maximum atomic E-state index is 11.1. The van der Waals surface area contributed by atoms with Gasteiger partial charge in [-0.15, -0.1) is 4.91 Å². The van der Waals surface area contributed by atoms with Gasteiger partial charge in [-0.05, 0) is 47.4 Å². The van der Waals surface area contributed by atoms with Gasteiger partial charge in [0.05, 0.1) is 6.61 Å². The van der Waals surface area contributed by atoms with Crippen molar-refractivity contribution in [3.63, 3.8) is 0 Å². The van der Waals surface area contributed by atoms with Crippen molar-refractivity contribution in [1.29, 1.82) is 0 Å². The first kappa shape index (κ1) is 14.9. The molecule has 0 saturated carbocycles. The number of aliphatic hydroxyl groups is 1. The van der Waals surface area contributed by atoms with Crippen LogP contribution in [0.4, 0.5) is 0 Å². The standard InChI is InChI=1S/C14H12BNO5/c17-8-10-7-12(5-6-13(10)15-19)21-11-3-1-9(2-4-11)14(18)16-20/h1-7,15,17,19H,8H2. The Balaban J connectivity index is 2.18. The Kier molecular flexibility index (Phi) is 4.81. The zero-order valence-electron chi connectivity index (χ0n) is 11.0. The van der Waals surface area contributed by atoms with Gasteiger partial charge >= 0.3 is 13.4 Å². The molecule has 21 heavy (non-hydrogen) atoms. The van der Waals surface area contributed by atoms with Gasteiger partial charge in [-0.3, -0.25) is 4.79 Å². The third-order valence-electron chi connectivity index (χ3n) is 2.94. The summed E-state index contributed by atoms with van der Waals surface area (Å²) < 4.78 is 5.58. The van der Waals surface area contributed by atoms with E-state index in [0.717, 1.165) is 0 Å². The van der Waals surface area contributed by atoms with Crippen molar-refractivity contribution in [3.8, 4) is 11.5 Å². The highest BCUT2D eigenvalue weighted by molar-refractivity contribution is 6.46. The first-order chi connectivity index (χ1) is 10.2. The topological polar surface area (TPSA) is 96.2 Å². The highest BCUT2D eigenvalue weighted by Gasteiger charge is 2.07. The van der Waals surface area contributed by atoms with Crippen molar-refractivity contribution in [2.75, 3.05) is 0 Å². The molecular weight excluding hydrogens is 273 g/mol. The van der Waals surface area contributed by atoms with E-state index in [9.17, 15) is 14.8 Å². The summed E-state index contributed by atoms with van der Waals surface area (Å²) in [7, 11) is -0.161. The molecule has 2 aromatic carbocycles. The van der Waals surface area contributed by atoms with E-state index < -0.39 is 5.91 Å². The molecule has 0 spiro atoms. The van der Waals surface area contributed by atoms with Crippen LogP contribution in [0.15, 0.2) is 47.6 Å². The van der Waals surface area contributed by atoms with Crippen molar-refractivity contribution < 1.29 is 19.7 Å². The largest absolute Gasteiger partial charge is 0.457 e. The summed E-state index contributed by atoms with van der Waals surface area (Å²) in [6.45, 7) is -0.203. The third-order valence-corrected chi connectivity index (χ3v) is 2.94. The molecule has 0 unspecified atom stereocenters. The fourth-order valence-electron chi connectivity index (χ4n) is 1.82. The summed E-state index contributed by atoms with van der Waals surface area (Å²) in [5.41, 5.74) is 1.39. The SMILES string of the molecule is O=NC(=O)c1ccc(Oc2ccc(BO)c(CO)c2)cc1. The van der Waals surface area contributed by atoms with E-state index in [4.69, 9.17) is 9.76 Å². The summed E-state index contributed by atoms with van der Waals surface area (Å²) in [6, 6.07) is 10.9. The molecule has 0 aliphatic rings. The van der Waals surface area contributed by atoms with Gasteiger partial charge in [-0.25, -0.2) is 0 Å². The van der Waals surface area contributed by atoms with Crippen molar-refractivity contribution in [3.05, 3.63) is 58.5 Å². The maximum absolute atomic E-state index is 11.1. The van der Waals surface area contributed by atoms with Gasteiger partial charge in [-0.1, -0.05) is 6.07 Å². The lowest BCUT2D eigenvalue weighted by molar-refractivity contribution is 0.100. The van der Waals surface area contributed by atoms with Crippen LogP contribution in [0.1, 0.15) is 15.9 Å². The minimum absolute atomic E-state index is 0.161. The molecule has 0 heterocycles. The molecule has 0 aromatic heterocycles. The van der Waals surface area contributed by atoms with Gasteiger partial charge in [0.1, 0.15) is 11.5 Å². The normalized spacial score (nSPS) is 10.0. The number of benzene rings is 2. The highest BCUT2D eigenvalue weighted by Crippen LogP contribution is 2.22. The zero-order valence-corrected chi connectivity index (χ0v) is 11.0. The number of carbonyl (C=O) groups excluding carboxylic acids is 1. The van der Waals surface area contributed by atoms with Crippen LogP contribution in [0.5, 0.6) is 11.5 Å². The summed E-state index contributed by atoms with van der Waals surface area (Å²) in [4.78, 5) is 21.2. The molecule has 0 bridgehead atoms. The summed E-state index contributed by atoms with van der Waals surface area (Å²) in [5, 5.41) is 20.7. The number of hydrogen-bond donors (Lipinski definition) is 2. The first-order valence-corrected chi connectivity index (χ1v) is 6.17. The number of carbonyl (C=O) groups is 1. The predicted molar refractivity (Wildman–Crippen MR) is 78.0 cm³/mol. The van der Waals surface area contributed by atoms with E-state index >= 15 is 0 Å². The first-order valence-electron chi connectivity index (χ1n) is 6.17. The van der Waals surface area contributed by atoms with E-state index in [1.165, 1.54) is 24.3 Å². The molecule has 1 amide bonds. The Morgan fingerprint density at radius 2 is 1.81 bits per heavy atom. The van der Waals surface area contributed by atoms with Crippen LogP contribution in [-0.4, -0.2) is 23.5 Å². The minimum Gasteiger partial charge on any atom is -0.457 e. The fraction of sp³-hybridized carbons (Fsp3) is 0.0714. The summed E-state index contributed by atoms with van der Waals surface area (Å²) in [6.07, 6.45) is 0. The Labute approximate surface area is 121 Å². The molecule has 0 atom stereocenters. The average Bonchev–Trinajstić information content (AvgIpc) is 2.54. The minimum atomic E-state index is -0.837. The van der Waals surface area contributed by atoms with Crippen molar-refractivity contribution >= 4 is 18.9 Å². The predicted octanol–water partition coefficient (Wildman–Crippen LogP) is 0.847. The van der Waals surface area contributed by atoms with Crippen molar-refractivity contribution in [2.45, 2.75) is 6.61 Å². The van der Waals surface area contributed by atoms with Crippen LogP contribution >= 0.6 is 0 Å². The lowest BCUT2D eigenvalue weighted by Crippen LogP contribution is -2.18. The van der Waals surface area contributed by atoms with Crippen LogP contribution in [0.25, 0.3) is 0 Å². The molecule has 0 radical (unpaired) electrons. The van der Waals surface area contributed by atoms with E-state index in [1.54, 1.807) is 18.2 Å². The number of hydrogen-bond acceptors (Lipinski definition) is 5. The van der Waals surface area contributed by atoms with Crippen LogP contribution in [-0.2, 0) is 6.61 Å². The van der Waals surface area contributed by atoms with Gasteiger partial charge < -0.3 is 14.9 Å². The second-order valence-corrected chi connectivity index (χ2v) is 4.27. The molecule has 2 rings (SSSR count). The van der Waals surface area contributed by atoms with Crippen LogP contribution in [0.3, 0.4) is 0 Å². The quantitative estimate of drug-likeness (QED) is 0.627. The summed E-state index contributed by atoms with van der Waals surface area (Å²) in [5.74, 6) is 0.123. The monoisotopic (exact) mass is 285 g/mol. The second kappa shape index (κ2) is 6.78. The fourth-order valence-corrected chi connectivity index (χ4v) is 1.82. The zero-order chi connectivity index (χ0) is 15.2. The molecule has 6 nitrogen and oxygen atoms in total. The number of nitrogens with zero attached hydrogens (tertiary/aromatic N) is 1. The van der Waals surface area contributed by atoms with E-state index in [1.807, 2.05) is 0 Å². The van der Waals surface area contributed by atoms with Crippen LogP contribution < -0.4 is 10.2 Å².